The van der Waals surface area contributed by atoms with Crippen LogP contribution in [-0.2, 0) is 11.4 Å². The van der Waals surface area contributed by atoms with Gasteiger partial charge in [-0.15, -0.1) is 0 Å². The van der Waals surface area contributed by atoms with Gasteiger partial charge in [-0.3, -0.25) is 9.59 Å². The minimum Gasteiger partial charge on any atom is -0.497 e. The van der Waals surface area contributed by atoms with Crippen LogP contribution < -0.4 is 20.2 Å². The van der Waals surface area contributed by atoms with Gasteiger partial charge in [-0.25, -0.2) is 0 Å². The first kappa shape index (κ1) is 20.2. The smallest absolute Gasteiger partial charge is 0.235 e. The Morgan fingerprint density at radius 1 is 1.00 bits per heavy atom. The molecule has 0 unspecified atom stereocenters. The SMILES string of the molecule is COc1ccc(-c2oc3ccc(NC(C)=O)cc3c(=O)c2OCc2ccccc2)cc1. The summed E-state index contributed by atoms with van der Waals surface area (Å²) < 4.78 is 17.3. The van der Waals surface area contributed by atoms with Crippen LogP contribution in [0.15, 0.2) is 82.0 Å². The largest absolute Gasteiger partial charge is 0.497 e. The molecule has 0 aliphatic heterocycles. The lowest BCUT2D eigenvalue weighted by atomic mass is 10.1. The summed E-state index contributed by atoms with van der Waals surface area (Å²) >= 11 is 0. The number of methoxy groups -OCH3 is 1. The fraction of sp³-hybridized carbons (Fsp3) is 0.120. The highest BCUT2D eigenvalue weighted by Crippen LogP contribution is 2.33. The maximum absolute atomic E-state index is 13.4. The number of carbonyl (C=O) groups is 1. The van der Waals surface area contributed by atoms with Gasteiger partial charge in [0.25, 0.3) is 0 Å². The lowest BCUT2D eigenvalue weighted by Crippen LogP contribution is -2.11. The molecule has 6 heteroatoms. The van der Waals surface area contributed by atoms with Crippen LogP contribution in [0.2, 0.25) is 0 Å². The van der Waals surface area contributed by atoms with E-state index in [0.29, 0.717) is 33.7 Å². The van der Waals surface area contributed by atoms with Gasteiger partial charge < -0.3 is 19.2 Å². The Morgan fingerprint density at radius 2 is 1.74 bits per heavy atom. The minimum absolute atomic E-state index is 0.112. The van der Waals surface area contributed by atoms with Crippen LogP contribution in [0, 0.1) is 0 Å². The van der Waals surface area contributed by atoms with E-state index >= 15 is 0 Å². The van der Waals surface area contributed by atoms with Crippen LogP contribution in [0.4, 0.5) is 5.69 Å². The third-order valence-corrected chi connectivity index (χ3v) is 4.75. The van der Waals surface area contributed by atoms with Gasteiger partial charge in [0, 0.05) is 18.2 Å². The highest BCUT2D eigenvalue weighted by molar-refractivity contribution is 5.92. The van der Waals surface area contributed by atoms with Crippen molar-refractivity contribution in [3.8, 4) is 22.8 Å². The molecule has 1 heterocycles. The topological polar surface area (TPSA) is 77.8 Å². The Labute approximate surface area is 179 Å². The summed E-state index contributed by atoms with van der Waals surface area (Å²) in [5.41, 5.74) is 2.22. The summed E-state index contributed by atoms with van der Waals surface area (Å²) in [6.07, 6.45) is 0. The van der Waals surface area contributed by atoms with Gasteiger partial charge in [0.2, 0.25) is 17.1 Å². The number of hydrogen-bond donors (Lipinski definition) is 1. The van der Waals surface area contributed by atoms with E-state index < -0.39 is 0 Å². The van der Waals surface area contributed by atoms with Crippen molar-refractivity contribution in [3.63, 3.8) is 0 Å². The molecular weight excluding hydrogens is 394 g/mol. The Hall–Kier alpha value is -4.06. The number of benzene rings is 3. The fourth-order valence-corrected chi connectivity index (χ4v) is 3.25. The Balaban J connectivity index is 1.84. The zero-order chi connectivity index (χ0) is 21.8. The van der Waals surface area contributed by atoms with Crippen molar-refractivity contribution < 1.29 is 18.7 Å². The molecule has 0 bridgehead atoms. The maximum Gasteiger partial charge on any atom is 0.235 e. The number of ether oxygens (including phenoxy) is 2. The summed E-state index contributed by atoms with van der Waals surface area (Å²) in [4.78, 5) is 24.8. The van der Waals surface area contributed by atoms with E-state index in [9.17, 15) is 9.59 Å². The summed E-state index contributed by atoms with van der Waals surface area (Å²) in [6, 6.07) is 21.7. The van der Waals surface area contributed by atoms with Crippen molar-refractivity contribution in [2.75, 3.05) is 12.4 Å². The standard InChI is InChI=1S/C25H21NO5/c1-16(27)26-19-10-13-22-21(14-19)23(28)25(30-15-17-6-4-3-5-7-17)24(31-22)18-8-11-20(29-2)12-9-18/h3-14H,15H2,1-2H3,(H,26,27). The van der Waals surface area contributed by atoms with E-state index in [1.54, 1.807) is 37.4 Å². The summed E-state index contributed by atoms with van der Waals surface area (Å²) in [5.74, 6) is 0.919. The van der Waals surface area contributed by atoms with Crippen LogP contribution in [0.1, 0.15) is 12.5 Å². The second-order valence-corrected chi connectivity index (χ2v) is 6.98. The monoisotopic (exact) mass is 415 g/mol. The number of carbonyl (C=O) groups excluding carboxylic acids is 1. The maximum atomic E-state index is 13.4. The number of rotatable bonds is 6. The quantitative estimate of drug-likeness (QED) is 0.479. The van der Waals surface area contributed by atoms with E-state index in [4.69, 9.17) is 13.9 Å². The molecule has 1 amide bonds. The van der Waals surface area contributed by atoms with Crippen molar-refractivity contribution in [1.82, 2.24) is 0 Å². The molecule has 0 saturated carbocycles. The molecule has 6 nitrogen and oxygen atoms in total. The predicted octanol–water partition coefficient (Wildman–Crippen LogP) is 5.01. The fourth-order valence-electron chi connectivity index (χ4n) is 3.25. The molecule has 31 heavy (non-hydrogen) atoms. The van der Waals surface area contributed by atoms with Gasteiger partial charge >= 0.3 is 0 Å². The zero-order valence-electron chi connectivity index (χ0n) is 17.2. The first-order chi connectivity index (χ1) is 15.0. The molecule has 0 atom stereocenters. The average Bonchev–Trinajstić information content (AvgIpc) is 2.79. The van der Waals surface area contributed by atoms with E-state index in [0.717, 1.165) is 5.56 Å². The van der Waals surface area contributed by atoms with Crippen LogP contribution in [0.25, 0.3) is 22.3 Å². The lowest BCUT2D eigenvalue weighted by molar-refractivity contribution is -0.114. The van der Waals surface area contributed by atoms with Crippen LogP contribution in [-0.4, -0.2) is 13.0 Å². The second-order valence-electron chi connectivity index (χ2n) is 6.98. The van der Waals surface area contributed by atoms with Crippen LogP contribution >= 0.6 is 0 Å². The van der Waals surface area contributed by atoms with Crippen molar-refractivity contribution in [2.24, 2.45) is 0 Å². The van der Waals surface area contributed by atoms with Crippen LogP contribution in [0.3, 0.4) is 0 Å². The summed E-state index contributed by atoms with van der Waals surface area (Å²) in [5, 5.41) is 3.01. The van der Waals surface area contributed by atoms with Crippen molar-refractivity contribution in [2.45, 2.75) is 13.5 Å². The highest BCUT2D eigenvalue weighted by atomic mass is 16.5. The molecule has 0 radical (unpaired) electrons. The van der Waals surface area contributed by atoms with Gasteiger partial charge in [-0.1, -0.05) is 30.3 Å². The summed E-state index contributed by atoms with van der Waals surface area (Å²) in [6.45, 7) is 1.62. The van der Waals surface area contributed by atoms with Gasteiger partial charge in [-0.2, -0.15) is 0 Å². The van der Waals surface area contributed by atoms with Crippen molar-refractivity contribution in [1.29, 1.82) is 0 Å². The Bertz CT molecular complexity index is 1280. The third kappa shape index (κ3) is 4.43. The molecule has 3 aromatic carbocycles. The number of anilines is 1. The lowest BCUT2D eigenvalue weighted by Gasteiger charge is -2.13. The van der Waals surface area contributed by atoms with Gasteiger partial charge in [0.05, 0.1) is 12.5 Å². The number of hydrogen-bond acceptors (Lipinski definition) is 5. The highest BCUT2D eigenvalue weighted by Gasteiger charge is 2.18. The molecule has 1 N–H and O–H groups in total. The molecule has 4 aromatic rings. The third-order valence-electron chi connectivity index (χ3n) is 4.75. The van der Waals surface area contributed by atoms with Crippen molar-refractivity contribution in [3.05, 3.63) is 88.6 Å². The first-order valence-corrected chi connectivity index (χ1v) is 9.75. The van der Waals surface area contributed by atoms with E-state index in [1.165, 1.54) is 6.92 Å². The Morgan fingerprint density at radius 3 is 2.42 bits per heavy atom. The molecule has 1 aromatic heterocycles. The van der Waals surface area contributed by atoms with Gasteiger partial charge in [0.1, 0.15) is 17.9 Å². The zero-order valence-corrected chi connectivity index (χ0v) is 17.2. The van der Waals surface area contributed by atoms with E-state index in [-0.39, 0.29) is 23.7 Å². The van der Waals surface area contributed by atoms with Gasteiger partial charge in [-0.05, 0) is 48.0 Å². The van der Waals surface area contributed by atoms with Crippen molar-refractivity contribution >= 4 is 22.6 Å². The molecule has 4 rings (SSSR count). The van der Waals surface area contributed by atoms with E-state index in [1.807, 2.05) is 42.5 Å². The number of nitrogens with one attached hydrogen (secondary N) is 1. The molecule has 0 aliphatic carbocycles. The average molecular weight is 415 g/mol. The molecule has 156 valence electrons. The van der Waals surface area contributed by atoms with Gasteiger partial charge in [0.15, 0.2) is 5.76 Å². The summed E-state index contributed by atoms with van der Waals surface area (Å²) in [7, 11) is 1.59. The Kier molecular flexibility index (Phi) is 5.71. The second kappa shape index (κ2) is 8.75. The minimum atomic E-state index is -0.310. The number of amides is 1. The molecule has 0 saturated heterocycles. The molecule has 0 spiro atoms. The molecular formula is C25H21NO5. The van der Waals surface area contributed by atoms with E-state index in [2.05, 4.69) is 5.32 Å². The normalized spacial score (nSPS) is 10.6. The molecule has 0 fully saturated rings. The molecule has 0 aliphatic rings. The number of fused-ring (bicyclic) bond motifs is 1. The first-order valence-electron chi connectivity index (χ1n) is 9.75. The van der Waals surface area contributed by atoms with Crippen LogP contribution in [0.5, 0.6) is 11.5 Å². The predicted molar refractivity (Wildman–Crippen MR) is 120 cm³/mol.